The van der Waals surface area contributed by atoms with E-state index in [4.69, 9.17) is 11.6 Å². The van der Waals surface area contributed by atoms with Gasteiger partial charge in [-0.15, -0.1) is 0 Å². The Hall–Kier alpha value is -1.13. The third kappa shape index (κ3) is 3.67. The van der Waals surface area contributed by atoms with Crippen molar-refractivity contribution in [1.82, 2.24) is 10.6 Å². The number of piperidine rings is 1. The second-order valence-corrected chi connectivity index (χ2v) is 5.80. The Bertz CT molecular complexity index is 473. The van der Waals surface area contributed by atoms with Crippen LogP contribution in [0.25, 0.3) is 0 Å². The van der Waals surface area contributed by atoms with E-state index < -0.39 is 11.7 Å². The van der Waals surface area contributed by atoms with Gasteiger partial charge >= 0.3 is 0 Å². The lowest BCUT2D eigenvalue weighted by atomic mass is 9.81. The van der Waals surface area contributed by atoms with Gasteiger partial charge in [0.05, 0.1) is 5.56 Å². The third-order valence-corrected chi connectivity index (χ3v) is 3.89. The largest absolute Gasteiger partial charge is 0.351 e. The van der Waals surface area contributed by atoms with Crippen LogP contribution in [0.2, 0.25) is 5.02 Å². The van der Waals surface area contributed by atoms with E-state index in [9.17, 15) is 9.18 Å². The number of halogens is 2. The van der Waals surface area contributed by atoms with Crippen molar-refractivity contribution in [2.45, 2.75) is 19.8 Å². The van der Waals surface area contributed by atoms with E-state index >= 15 is 0 Å². The monoisotopic (exact) mass is 284 g/mol. The van der Waals surface area contributed by atoms with Crippen molar-refractivity contribution in [3.05, 3.63) is 34.6 Å². The molecule has 0 bridgehead atoms. The van der Waals surface area contributed by atoms with Crippen molar-refractivity contribution in [2.75, 3.05) is 19.6 Å². The van der Waals surface area contributed by atoms with Crippen LogP contribution in [-0.2, 0) is 0 Å². The average Bonchev–Trinajstić information content (AvgIpc) is 2.40. The van der Waals surface area contributed by atoms with E-state index in [0.29, 0.717) is 11.6 Å². The lowest BCUT2D eigenvalue weighted by Gasteiger charge is -2.34. The first-order valence-electron chi connectivity index (χ1n) is 6.44. The molecule has 2 N–H and O–H groups in total. The predicted molar refractivity (Wildman–Crippen MR) is 74.0 cm³/mol. The molecule has 0 aromatic heterocycles. The summed E-state index contributed by atoms with van der Waals surface area (Å²) in [5.41, 5.74) is 0.0840. The van der Waals surface area contributed by atoms with E-state index in [1.807, 2.05) is 0 Å². The summed E-state index contributed by atoms with van der Waals surface area (Å²) in [7, 11) is 0. The van der Waals surface area contributed by atoms with Crippen LogP contribution in [-0.4, -0.2) is 25.5 Å². The quantitative estimate of drug-likeness (QED) is 0.896. The minimum absolute atomic E-state index is 0.00466. The van der Waals surface area contributed by atoms with Gasteiger partial charge in [0.1, 0.15) is 5.82 Å². The zero-order valence-electron chi connectivity index (χ0n) is 10.9. The molecule has 0 atom stereocenters. The normalized spacial score (nSPS) is 18.1. The van der Waals surface area contributed by atoms with Crippen LogP contribution in [0.1, 0.15) is 30.1 Å². The molecule has 0 unspecified atom stereocenters. The van der Waals surface area contributed by atoms with Gasteiger partial charge in [0, 0.05) is 11.6 Å². The summed E-state index contributed by atoms with van der Waals surface area (Å²) in [5.74, 6) is -0.947. The van der Waals surface area contributed by atoms with Gasteiger partial charge in [-0.3, -0.25) is 4.79 Å². The van der Waals surface area contributed by atoms with Crippen molar-refractivity contribution in [1.29, 1.82) is 0 Å². The van der Waals surface area contributed by atoms with Crippen LogP contribution in [0.15, 0.2) is 18.2 Å². The third-order valence-electron chi connectivity index (χ3n) is 3.66. The number of benzene rings is 1. The summed E-state index contributed by atoms with van der Waals surface area (Å²) >= 11 is 5.78. The number of hydrogen-bond donors (Lipinski definition) is 2. The number of nitrogens with one attached hydrogen (secondary N) is 2. The summed E-state index contributed by atoms with van der Waals surface area (Å²) in [6.07, 6.45) is 2.01. The van der Waals surface area contributed by atoms with Gasteiger partial charge in [0.25, 0.3) is 5.91 Å². The summed E-state index contributed by atoms with van der Waals surface area (Å²) < 4.78 is 13.6. The molecule has 5 heteroatoms. The maximum Gasteiger partial charge on any atom is 0.254 e. The molecule has 0 spiro atoms. The van der Waals surface area contributed by atoms with Gasteiger partial charge in [0.2, 0.25) is 0 Å². The molecular weight excluding hydrogens is 267 g/mol. The number of amides is 1. The number of carbonyl (C=O) groups excluding carboxylic acids is 1. The average molecular weight is 285 g/mol. The molecule has 1 aliphatic heterocycles. The Morgan fingerprint density at radius 3 is 2.84 bits per heavy atom. The maximum atomic E-state index is 13.6. The highest BCUT2D eigenvalue weighted by atomic mass is 35.5. The number of carbonyl (C=O) groups is 1. The molecule has 2 rings (SSSR count). The smallest absolute Gasteiger partial charge is 0.254 e. The van der Waals surface area contributed by atoms with Crippen LogP contribution in [0.5, 0.6) is 0 Å². The van der Waals surface area contributed by atoms with Gasteiger partial charge < -0.3 is 10.6 Å². The Kier molecular flexibility index (Phi) is 4.42. The summed E-state index contributed by atoms with van der Waals surface area (Å²) in [6.45, 7) is 4.61. The zero-order valence-corrected chi connectivity index (χ0v) is 11.7. The van der Waals surface area contributed by atoms with Crippen LogP contribution in [0.4, 0.5) is 4.39 Å². The van der Waals surface area contributed by atoms with E-state index in [1.54, 1.807) is 0 Å². The Morgan fingerprint density at radius 1 is 1.47 bits per heavy atom. The van der Waals surface area contributed by atoms with Gasteiger partial charge in [-0.25, -0.2) is 4.39 Å². The minimum Gasteiger partial charge on any atom is -0.351 e. The summed E-state index contributed by atoms with van der Waals surface area (Å²) in [5, 5.41) is 6.46. The molecule has 1 fully saturated rings. The lowest BCUT2D eigenvalue weighted by molar-refractivity contribution is 0.0918. The molecule has 1 aliphatic rings. The second kappa shape index (κ2) is 5.88. The fraction of sp³-hybridized carbons (Fsp3) is 0.500. The van der Waals surface area contributed by atoms with Crippen LogP contribution in [0.3, 0.4) is 0 Å². The fourth-order valence-corrected chi connectivity index (χ4v) is 2.44. The van der Waals surface area contributed by atoms with E-state index in [-0.39, 0.29) is 11.0 Å². The van der Waals surface area contributed by atoms with Crippen molar-refractivity contribution in [2.24, 2.45) is 5.41 Å². The van der Waals surface area contributed by atoms with E-state index in [1.165, 1.54) is 18.2 Å². The van der Waals surface area contributed by atoms with Gasteiger partial charge in [-0.1, -0.05) is 18.5 Å². The molecule has 0 saturated carbocycles. The molecule has 19 heavy (non-hydrogen) atoms. The van der Waals surface area contributed by atoms with Crippen molar-refractivity contribution in [3.63, 3.8) is 0 Å². The molecular formula is C14H18ClFN2O. The predicted octanol–water partition coefficient (Wildman–Crippen LogP) is 2.60. The SMILES string of the molecule is CC1(CNC(=O)c2cc(Cl)ccc2F)CCNCC1. The Balaban J connectivity index is 1.99. The van der Waals surface area contributed by atoms with Crippen LogP contribution < -0.4 is 10.6 Å². The Labute approximate surface area is 117 Å². The van der Waals surface area contributed by atoms with Crippen LogP contribution >= 0.6 is 11.6 Å². The highest BCUT2D eigenvalue weighted by Gasteiger charge is 2.27. The minimum atomic E-state index is -0.544. The number of hydrogen-bond acceptors (Lipinski definition) is 2. The molecule has 1 amide bonds. The highest BCUT2D eigenvalue weighted by Crippen LogP contribution is 2.26. The first kappa shape index (κ1) is 14.3. The standard InChI is InChI=1S/C14H18ClFN2O/c1-14(4-6-17-7-5-14)9-18-13(19)11-8-10(15)2-3-12(11)16/h2-3,8,17H,4-7,9H2,1H3,(H,18,19). The molecule has 0 aliphatic carbocycles. The van der Waals surface area contributed by atoms with Crippen molar-refractivity contribution >= 4 is 17.5 Å². The zero-order chi connectivity index (χ0) is 13.9. The van der Waals surface area contributed by atoms with Crippen LogP contribution in [0, 0.1) is 11.2 Å². The lowest BCUT2D eigenvalue weighted by Crippen LogP contribution is -2.43. The summed E-state index contributed by atoms with van der Waals surface area (Å²) in [6, 6.07) is 4.00. The Morgan fingerprint density at radius 2 is 2.16 bits per heavy atom. The summed E-state index contributed by atoms with van der Waals surface area (Å²) in [4.78, 5) is 12.0. The topological polar surface area (TPSA) is 41.1 Å². The molecule has 1 aromatic rings. The molecule has 1 saturated heterocycles. The second-order valence-electron chi connectivity index (χ2n) is 5.37. The molecule has 3 nitrogen and oxygen atoms in total. The first-order valence-corrected chi connectivity index (χ1v) is 6.82. The first-order chi connectivity index (χ1) is 9.00. The number of rotatable bonds is 3. The molecule has 1 aromatic carbocycles. The fourth-order valence-electron chi connectivity index (χ4n) is 2.27. The molecule has 0 radical (unpaired) electrons. The van der Waals surface area contributed by atoms with Gasteiger partial charge in [-0.2, -0.15) is 0 Å². The van der Waals surface area contributed by atoms with Crippen molar-refractivity contribution in [3.8, 4) is 0 Å². The molecule has 104 valence electrons. The van der Waals surface area contributed by atoms with Crippen molar-refractivity contribution < 1.29 is 9.18 Å². The van der Waals surface area contributed by atoms with E-state index in [2.05, 4.69) is 17.6 Å². The van der Waals surface area contributed by atoms with E-state index in [0.717, 1.165) is 25.9 Å². The molecule has 1 heterocycles. The highest BCUT2D eigenvalue weighted by molar-refractivity contribution is 6.30. The van der Waals surface area contributed by atoms with Gasteiger partial charge in [-0.05, 0) is 49.5 Å². The maximum absolute atomic E-state index is 13.6. The van der Waals surface area contributed by atoms with Gasteiger partial charge in [0.15, 0.2) is 0 Å².